The van der Waals surface area contributed by atoms with Crippen LogP contribution in [0.4, 0.5) is 4.79 Å². The molecule has 0 aliphatic carbocycles. The lowest BCUT2D eigenvalue weighted by Gasteiger charge is -2.40. The first-order valence-corrected chi connectivity index (χ1v) is 11.4. The van der Waals surface area contributed by atoms with Crippen LogP contribution in [0.1, 0.15) is 12.5 Å². The number of piperazine rings is 1. The van der Waals surface area contributed by atoms with Gasteiger partial charge in [-0.1, -0.05) is 54.6 Å². The second kappa shape index (κ2) is 8.51. The van der Waals surface area contributed by atoms with Crippen LogP contribution in [0.5, 0.6) is 0 Å². The minimum atomic E-state index is -0.520. The summed E-state index contributed by atoms with van der Waals surface area (Å²) >= 11 is 0. The molecule has 1 N–H and O–H groups in total. The van der Waals surface area contributed by atoms with E-state index in [4.69, 9.17) is 4.99 Å². The molecule has 0 aromatic heterocycles. The summed E-state index contributed by atoms with van der Waals surface area (Å²) in [5.41, 5.74) is 2.29. The first-order valence-electron chi connectivity index (χ1n) is 11.4. The molecule has 33 heavy (non-hydrogen) atoms. The third-order valence-electron chi connectivity index (χ3n) is 6.71. The van der Waals surface area contributed by atoms with Gasteiger partial charge in [-0.3, -0.25) is 15.0 Å². The van der Waals surface area contributed by atoms with Gasteiger partial charge in [0.15, 0.2) is 18.2 Å². The maximum atomic E-state index is 12.7. The number of likely N-dealkylation sites (N-methyl/N-ethyl adjacent to an activating group) is 1. The zero-order chi connectivity index (χ0) is 23.1. The Morgan fingerprint density at radius 1 is 1.09 bits per heavy atom. The number of hydrogen-bond acceptors (Lipinski definition) is 6. The van der Waals surface area contributed by atoms with Gasteiger partial charge in [-0.2, -0.15) is 0 Å². The summed E-state index contributed by atoms with van der Waals surface area (Å²) in [6.07, 6.45) is -0.505. The van der Waals surface area contributed by atoms with Gasteiger partial charge in [0, 0.05) is 46.3 Å². The van der Waals surface area contributed by atoms with Gasteiger partial charge in [0.05, 0.1) is 0 Å². The fourth-order valence-corrected chi connectivity index (χ4v) is 5.01. The molecule has 0 bridgehead atoms. The predicted molar refractivity (Wildman–Crippen MR) is 129 cm³/mol. The van der Waals surface area contributed by atoms with Gasteiger partial charge < -0.3 is 14.7 Å². The smallest absolute Gasteiger partial charge is 0.325 e. The minimum Gasteiger partial charge on any atom is -0.340 e. The topological polar surface area (TPSA) is 71.5 Å². The minimum absolute atomic E-state index is 0.294. The summed E-state index contributed by atoms with van der Waals surface area (Å²) in [6.45, 7) is 10.9. The molecule has 8 nitrogen and oxygen atoms in total. The molecule has 3 amide bonds. The Kier molecular flexibility index (Phi) is 5.54. The molecule has 3 aliphatic rings. The van der Waals surface area contributed by atoms with Crippen LogP contribution >= 0.6 is 0 Å². The zero-order valence-corrected chi connectivity index (χ0v) is 19.2. The number of urea groups is 1. The van der Waals surface area contributed by atoms with E-state index in [1.807, 2.05) is 11.8 Å². The fourth-order valence-electron chi connectivity index (χ4n) is 5.01. The number of guanidine groups is 1. The van der Waals surface area contributed by atoms with Gasteiger partial charge >= 0.3 is 6.03 Å². The molecule has 0 radical (unpaired) electrons. The first kappa shape index (κ1) is 21.5. The highest BCUT2D eigenvalue weighted by molar-refractivity contribution is 6.03. The van der Waals surface area contributed by atoms with E-state index >= 15 is 0 Å². The van der Waals surface area contributed by atoms with Crippen molar-refractivity contribution in [3.05, 3.63) is 60.2 Å². The highest BCUT2D eigenvalue weighted by atomic mass is 16.2. The number of benzene rings is 2. The fraction of sp³-hybridized carbons (Fsp3) is 0.400. The summed E-state index contributed by atoms with van der Waals surface area (Å²) < 4.78 is 0. The molecule has 5 rings (SSSR count). The van der Waals surface area contributed by atoms with E-state index in [9.17, 15) is 9.59 Å². The van der Waals surface area contributed by atoms with E-state index in [0.717, 1.165) is 44.3 Å². The summed E-state index contributed by atoms with van der Waals surface area (Å²) in [5.74, 6) is 0.493. The van der Waals surface area contributed by atoms with Crippen LogP contribution in [0.2, 0.25) is 0 Å². The molecular formula is C25H30N6O2. The van der Waals surface area contributed by atoms with E-state index in [1.54, 1.807) is 7.05 Å². The molecule has 2 atom stereocenters. The highest BCUT2D eigenvalue weighted by Crippen LogP contribution is 2.27. The second-order valence-corrected chi connectivity index (χ2v) is 9.18. The predicted octanol–water partition coefficient (Wildman–Crippen LogP) is 2.08. The van der Waals surface area contributed by atoms with Crippen LogP contribution in [-0.2, 0) is 11.3 Å². The number of nitrogens with zero attached hydrogens (tertiary/aromatic N) is 5. The average Bonchev–Trinajstić information content (AvgIpc) is 3.17. The van der Waals surface area contributed by atoms with Crippen molar-refractivity contribution in [2.45, 2.75) is 25.7 Å². The van der Waals surface area contributed by atoms with Crippen molar-refractivity contribution in [2.24, 2.45) is 4.99 Å². The summed E-state index contributed by atoms with van der Waals surface area (Å²) in [7, 11) is 1.69. The molecule has 2 aromatic rings. The largest absolute Gasteiger partial charge is 0.340 e. The van der Waals surface area contributed by atoms with Crippen LogP contribution in [0.3, 0.4) is 0 Å². The lowest BCUT2D eigenvalue weighted by molar-refractivity contribution is -0.127. The summed E-state index contributed by atoms with van der Waals surface area (Å²) in [5, 5.41) is 5.02. The Bertz CT molecular complexity index is 1130. The van der Waals surface area contributed by atoms with Crippen molar-refractivity contribution < 1.29 is 9.59 Å². The van der Waals surface area contributed by atoms with Crippen LogP contribution < -0.4 is 5.32 Å². The standard InChI is InChI=1S/C25H30N6O2/c1-17(2)15-31-21-22(28(3)25(33)27-23(21)32)26-24(31)30-13-11-29(12-14-30)16-19-9-6-8-18-7-4-5-10-20(18)19/h4-10,21-22H,1,11-16H2,2-3H3,(H,27,32,33). The summed E-state index contributed by atoms with van der Waals surface area (Å²) in [6, 6.07) is 14.1. The SMILES string of the molecule is C=C(C)CN1C(N2CCN(Cc3cccc4ccccc34)CC2)=NC2C1C(=O)NC(=O)N2C. The van der Waals surface area contributed by atoms with Crippen molar-refractivity contribution in [2.75, 3.05) is 39.8 Å². The van der Waals surface area contributed by atoms with Crippen molar-refractivity contribution in [3.63, 3.8) is 0 Å². The lowest BCUT2D eigenvalue weighted by Crippen LogP contribution is -2.64. The first-order chi connectivity index (χ1) is 15.9. The van der Waals surface area contributed by atoms with Crippen LogP contribution in [0.15, 0.2) is 59.6 Å². The van der Waals surface area contributed by atoms with E-state index in [0.29, 0.717) is 6.54 Å². The van der Waals surface area contributed by atoms with Gasteiger partial charge in [0.2, 0.25) is 0 Å². The monoisotopic (exact) mass is 446 g/mol. The van der Waals surface area contributed by atoms with Gasteiger partial charge in [0.25, 0.3) is 5.91 Å². The van der Waals surface area contributed by atoms with Gasteiger partial charge in [-0.15, -0.1) is 0 Å². The Balaban J connectivity index is 1.31. The lowest BCUT2D eigenvalue weighted by atomic mass is 10.0. The van der Waals surface area contributed by atoms with E-state index in [1.165, 1.54) is 21.2 Å². The molecule has 2 saturated heterocycles. The number of imide groups is 1. The molecule has 2 fully saturated rings. The number of rotatable bonds is 4. The quantitative estimate of drug-likeness (QED) is 0.729. The van der Waals surface area contributed by atoms with E-state index < -0.39 is 18.2 Å². The van der Waals surface area contributed by atoms with Crippen molar-refractivity contribution in [1.82, 2.24) is 24.9 Å². The van der Waals surface area contributed by atoms with Crippen LogP contribution in [0, 0.1) is 0 Å². The third-order valence-corrected chi connectivity index (χ3v) is 6.71. The maximum absolute atomic E-state index is 12.7. The molecule has 0 saturated carbocycles. The molecule has 3 aliphatic heterocycles. The normalized spacial score (nSPS) is 23.6. The van der Waals surface area contributed by atoms with Crippen molar-refractivity contribution >= 4 is 28.7 Å². The molecule has 8 heteroatoms. The average molecular weight is 447 g/mol. The molecule has 172 valence electrons. The van der Waals surface area contributed by atoms with Gasteiger partial charge in [-0.25, -0.2) is 9.79 Å². The van der Waals surface area contributed by atoms with Gasteiger partial charge in [-0.05, 0) is 23.3 Å². The molecule has 2 aromatic carbocycles. The van der Waals surface area contributed by atoms with E-state index in [-0.39, 0.29) is 5.91 Å². The number of carbonyl (C=O) groups excluding carboxylic acids is 2. The molecule has 0 spiro atoms. The Morgan fingerprint density at radius 3 is 2.58 bits per heavy atom. The Labute approximate surface area is 194 Å². The van der Waals surface area contributed by atoms with Crippen molar-refractivity contribution in [3.8, 4) is 0 Å². The molecule has 3 heterocycles. The highest BCUT2D eigenvalue weighted by Gasteiger charge is 2.49. The molecule has 2 unspecified atom stereocenters. The number of nitrogens with one attached hydrogen (secondary N) is 1. The van der Waals surface area contributed by atoms with Gasteiger partial charge in [0.1, 0.15) is 0 Å². The molecular weight excluding hydrogens is 416 g/mol. The maximum Gasteiger partial charge on any atom is 0.325 e. The third kappa shape index (κ3) is 3.95. The Morgan fingerprint density at radius 2 is 1.82 bits per heavy atom. The van der Waals surface area contributed by atoms with Crippen LogP contribution in [0.25, 0.3) is 10.8 Å². The number of aliphatic imine (C=N–C) groups is 1. The van der Waals surface area contributed by atoms with Crippen LogP contribution in [-0.4, -0.2) is 89.5 Å². The van der Waals surface area contributed by atoms with Crippen molar-refractivity contribution in [1.29, 1.82) is 0 Å². The number of carbonyl (C=O) groups is 2. The Hall–Kier alpha value is -3.39. The number of hydrogen-bond donors (Lipinski definition) is 1. The summed E-state index contributed by atoms with van der Waals surface area (Å²) in [4.78, 5) is 37.9. The second-order valence-electron chi connectivity index (χ2n) is 9.18. The number of amides is 3. The number of fused-ring (bicyclic) bond motifs is 2. The zero-order valence-electron chi connectivity index (χ0n) is 19.2. The van der Waals surface area contributed by atoms with E-state index in [2.05, 4.69) is 64.2 Å².